The van der Waals surface area contributed by atoms with Crippen molar-refractivity contribution in [3.63, 3.8) is 0 Å². The van der Waals surface area contributed by atoms with Gasteiger partial charge < -0.3 is 9.47 Å². The van der Waals surface area contributed by atoms with E-state index in [1.165, 1.54) is 11.3 Å². The molecule has 80 valence electrons. The third-order valence-corrected chi connectivity index (χ3v) is 2.39. The van der Waals surface area contributed by atoms with Crippen molar-refractivity contribution < 1.29 is 9.47 Å². The summed E-state index contributed by atoms with van der Waals surface area (Å²) in [6.45, 7) is 0.251. The fourth-order valence-electron chi connectivity index (χ4n) is 1.11. The van der Waals surface area contributed by atoms with E-state index < -0.39 is 0 Å². The minimum Gasteiger partial charge on any atom is -0.481 e. The van der Waals surface area contributed by atoms with Crippen molar-refractivity contribution in [3.8, 4) is 29.0 Å². The summed E-state index contributed by atoms with van der Waals surface area (Å²) in [6, 6.07) is 7.28. The zero-order chi connectivity index (χ0) is 11.2. The molecular weight excluding hydrogens is 222 g/mol. The lowest BCUT2D eigenvalue weighted by molar-refractivity contribution is 0.367. The van der Waals surface area contributed by atoms with Gasteiger partial charge in [0.25, 0.3) is 5.19 Å². The van der Waals surface area contributed by atoms with Crippen molar-refractivity contribution in [3.05, 3.63) is 35.8 Å². The largest absolute Gasteiger partial charge is 0.481 e. The number of ether oxygens (including phenoxy) is 2. The number of aromatic nitrogens is 1. The molecule has 0 saturated carbocycles. The number of terminal acetylenes is 1. The number of thiazole rings is 1. The molecule has 1 aromatic heterocycles. The molecule has 4 heteroatoms. The summed E-state index contributed by atoms with van der Waals surface area (Å²) in [6.07, 6.45) is 6.80. The maximum Gasteiger partial charge on any atom is 0.278 e. The van der Waals surface area contributed by atoms with Gasteiger partial charge in [0.1, 0.15) is 18.1 Å². The van der Waals surface area contributed by atoms with Crippen LogP contribution in [0.25, 0.3) is 0 Å². The van der Waals surface area contributed by atoms with E-state index >= 15 is 0 Å². The molecule has 2 rings (SSSR count). The van der Waals surface area contributed by atoms with Gasteiger partial charge in [-0.1, -0.05) is 23.3 Å². The maximum absolute atomic E-state index is 5.51. The highest BCUT2D eigenvalue weighted by atomic mass is 32.1. The van der Waals surface area contributed by atoms with Crippen LogP contribution in [0.15, 0.2) is 35.8 Å². The van der Waals surface area contributed by atoms with Gasteiger partial charge in [0.05, 0.1) is 0 Å². The van der Waals surface area contributed by atoms with Crippen LogP contribution in [0.4, 0.5) is 0 Å². The Bertz CT molecular complexity index is 488. The molecule has 0 N–H and O–H groups in total. The van der Waals surface area contributed by atoms with Gasteiger partial charge in [0.2, 0.25) is 0 Å². The predicted molar refractivity (Wildman–Crippen MR) is 63.0 cm³/mol. The number of benzene rings is 1. The molecular formula is C12H9NO2S. The van der Waals surface area contributed by atoms with Gasteiger partial charge in [0, 0.05) is 17.6 Å². The molecule has 0 bridgehead atoms. The van der Waals surface area contributed by atoms with Gasteiger partial charge in [-0.25, -0.2) is 4.98 Å². The summed E-state index contributed by atoms with van der Waals surface area (Å²) < 4.78 is 10.8. The first-order chi connectivity index (χ1) is 7.88. The highest BCUT2D eigenvalue weighted by Crippen LogP contribution is 2.26. The fraction of sp³-hybridized carbons (Fsp3) is 0.0833. The highest BCUT2D eigenvalue weighted by molar-refractivity contribution is 7.11. The molecule has 0 amide bonds. The summed E-state index contributed by atoms with van der Waals surface area (Å²) in [4.78, 5) is 4.03. The first-order valence-electron chi connectivity index (χ1n) is 4.62. The van der Waals surface area contributed by atoms with Gasteiger partial charge in [-0.05, 0) is 12.1 Å². The maximum atomic E-state index is 5.51. The number of hydrogen-bond acceptors (Lipinski definition) is 4. The van der Waals surface area contributed by atoms with Crippen LogP contribution in [0.2, 0.25) is 0 Å². The second-order valence-corrected chi connectivity index (χ2v) is 3.72. The van der Waals surface area contributed by atoms with Crippen LogP contribution in [0.3, 0.4) is 0 Å². The third-order valence-electron chi connectivity index (χ3n) is 1.74. The molecule has 0 aliphatic carbocycles. The smallest absolute Gasteiger partial charge is 0.278 e. The lowest BCUT2D eigenvalue weighted by atomic mass is 10.3. The zero-order valence-corrected chi connectivity index (χ0v) is 9.24. The standard InChI is InChI=1S/C12H9NO2S/c1-2-7-14-10-4-3-5-11(9-10)15-12-13-6-8-16-12/h1,3-6,8-9H,7H2. The molecule has 3 nitrogen and oxygen atoms in total. The summed E-state index contributed by atoms with van der Waals surface area (Å²) in [5, 5.41) is 2.46. The number of nitrogens with zero attached hydrogens (tertiary/aromatic N) is 1. The summed E-state index contributed by atoms with van der Waals surface area (Å²) >= 11 is 1.43. The van der Waals surface area contributed by atoms with Gasteiger partial charge in [-0.15, -0.1) is 6.42 Å². The third kappa shape index (κ3) is 2.75. The Morgan fingerprint density at radius 3 is 3.00 bits per heavy atom. The number of rotatable bonds is 4. The molecule has 0 fully saturated rings. The minimum atomic E-state index is 0.251. The Morgan fingerprint density at radius 1 is 1.38 bits per heavy atom. The quantitative estimate of drug-likeness (QED) is 0.758. The summed E-state index contributed by atoms with van der Waals surface area (Å²) in [5.41, 5.74) is 0. The Hall–Kier alpha value is -1.99. The van der Waals surface area contributed by atoms with Crippen LogP contribution in [-0.4, -0.2) is 11.6 Å². The van der Waals surface area contributed by atoms with Gasteiger partial charge in [0.15, 0.2) is 0 Å². The van der Waals surface area contributed by atoms with Crippen LogP contribution >= 0.6 is 11.3 Å². The Labute approximate surface area is 97.7 Å². The van der Waals surface area contributed by atoms with Crippen LogP contribution < -0.4 is 9.47 Å². The lowest BCUT2D eigenvalue weighted by Crippen LogP contribution is -1.93. The fourth-order valence-corrected chi connectivity index (χ4v) is 1.62. The van der Waals surface area contributed by atoms with Crippen molar-refractivity contribution in [2.45, 2.75) is 0 Å². The number of hydrogen-bond donors (Lipinski definition) is 0. The Morgan fingerprint density at radius 2 is 2.25 bits per heavy atom. The van der Waals surface area contributed by atoms with Crippen LogP contribution in [0, 0.1) is 12.3 Å². The normalized spacial score (nSPS) is 9.44. The zero-order valence-electron chi connectivity index (χ0n) is 8.42. The van der Waals surface area contributed by atoms with Gasteiger partial charge in [-0.2, -0.15) is 0 Å². The van der Waals surface area contributed by atoms with E-state index in [1.54, 1.807) is 12.3 Å². The van der Waals surface area contributed by atoms with E-state index in [4.69, 9.17) is 15.9 Å². The van der Waals surface area contributed by atoms with Crippen LogP contribution in [0.1, 0.15) is 0 Å². The van der Waals surface area contributed by atoms with Gasteiger partial charge in [-0.3, -0.25) is 0 Å². The van der Waals surface area contributed by atoms with Crippen molar-refractivity contribution >= 4 is 11.3 Å². The highest BCUT2D eigenvalue weighted by Gasteiger charge is 2.00. The average Bonchev–Trinajstić information content (AvgIpc) is 2.80. The van der Waals surface area contributed by atoms with Crippen molar-refractivity contribution in [2.75, 3.05) is 6.61 Å². The first-order valence-corrected chi connectivity index (χ1v) is 5.50. The van der Waals surface area contributed by atoms with E-state index in [9.17, 15) is 0 Å². The molecule has 1 aromatic carbocycles. The molecule has 0 radical (unpaired) electrons. The molecule has 16 heavy (non-hydrogen) atoms. The molecule has 0 atom stereocenters. The Kier molecular flexibility index (Phi) is 3.42. The molecule has 1 heterocycles. The van der Waals surface area contributed by atoms with Gasteiger partial charge >= 0.3 is 0 Å². The van der Waals surface area contributed by atoms with E-state index in [2.05, 4.69) is 10.9 Å². The molecule has 0 saturated heterocycles. The van der Waals surface area contributed by atoms with Crippen molar-refractivity contribution in [1.29, 1.82) is 0 Å². The summed E-state index contributed by atoms with van der Waals surface area (Å²) in [7, 11) is 0. The first kappa shape index (κ1) is 10.5. The van der Waals surface area contributed by atoms with E-state index in [0.717, 1.165) is 0 Å². The second-order valence-electron chi connectivity index (χ2n) is 2.87. The average molecular weight is 231 g/mol. The Balaban J connectivity index is 2.07. The molecule has 0 unspecified atom stereocenters. The molecule has 0 spiro atoms. The summed E-state index contributed by atoms with van der Waals surface area (Å²) in [5.74, 6) is 3.78. The van der Waals surface area contributed by atoms with Crippen molar-refractivity contribution in [2.24, 2.45) is 0 Å². The molecule has 0 aliphatic rings. The lowest BCUT2D eigenvalue weighted by Gasteiger charge is -2.05. The van der Waals surface area contributed by atoms with E-state index in [1.807, 2.05) is 23.6 Å². The second kappa shape index (κ2) is 5.19. The monoisotopic (exact) mass is 231 g/mol. The molecule has 0 aliphatic heterocycles. The molecule has 2 aromatic rings. The van der Waals surface area contributed by atoms with Crippen LogP contribution in [-0.2, 0) is 0 Å². The predicted octanol–water partition coefficient (Wildman–Crippen LogP) is 2.95. The SMILES string of the molecule is C#CCOc1cccc(Oc2nccs2)c1. The van der Waals surface area contributed by atoms with E-state index in [-0.39, 0.29) is 6.61 Å². The topological polar surface area (TPSA) is 31.4 Å². The van der Waals surface area contributed by atoms with Crippen molar-refractivity contribution in [1.82, 2.24) is 4.98 Å². The van der Waals surface area contributed by atoms with E-state index in [0.29, 0.717) is 16.7 Å². The minimum absolute atomic E-state index is 0.251. The van der Waals surface area contributed by atoms with Crippen LogP contribution in [0.5, 0.6) is 16.7 Å².